The molecule has 1 N–H and O–H groups in total. The van der Waals surface area contributed by atoms with Gasteiger partial charge in [-0.3, -0.25) is 0 Å². The van der Waals surface area contributed by atoms with Gasteiger partial charge < -0.3 is 14.1 Å². The monoisotopic (exact) mass is 271 g/mol. The molecule has 0 aliphatic carbocycles. The lowest BCUT2D eigenvalue weighted by atomic mass is 10.1. The van der Waals surface area contributed by atoms with Gasteiger partial charge in [0, 0.05) is 5.39 Å². The van der Waals surface area contributed by atoms with Crippen LogP contribution >= 0.6 is 11.6 Å². The summed E-state index contributed by atoms with van der Waals surface area (Å²) in [4.78, 5) is 3.23. The summed E-state index contributed by atoms with van der Waals surface area (Å²) in [6, 6.07) is 11.6. The van der Waals surface area contributed by atoms with E-state index in [2.05, 4.69) is 4.98 Å². The van der Waals surface area contributed by atoms with Gasteiger partial charge in [-0.25, -0.2) is 0 Å². The second-order valence-electron chi connectivity index (χ2n) is 4.43. The molecule has 0 bridgehead atoms. The van der Waals surface area contributed by atoms with E-state index in [1.165, 1.54) is 0 Å². The van der Waals surface area contributed by atoms with E-state index in [0.29, 0.717) is 5.02 Å². The van der Waals surface area contributed by atoms with Gasteiger partial charge in [0.1, 0.15) is 11.3 Å². The van der Waals surface area contributed by atoms with Gasteiger partial charge >= 0.3 is 0 Å². The quantitative estimate of drug-likeness (QED) is 0.543. The Morgan fingerprint density at radius 1 is 1.11 bits per heavy atom. The van der Waals surface area contributed by atoms with Crippen molar-refractivity contribution < 1.29 is 9.15 Å². The van der Waals surface area contributed by atoms with Crippen LogP contribution in [0.5, 0.6) is 5.75 Å². The predicted octanol–water partition coefficient (Wildman–Crippen LogP) is 4.73. The first-order valence-corrected chi connectivity index (χ1v) is 6.33. The second kappa shape index (κ2) is 3.68. The number of fused-ring (bicyclic) bond motifs is 5. The first-order valence-electron chi connectivity index (χ1n) is 5.95. The molecule has 0 radical (unpaired) electrons. The summed E-state index contributed by atoms with van der Waals surface area (Å²) in [5, 5.41) is 3.70. The molecule has 0 amide bonds. The summed E-state index contributed by atoms with van der Waals surface area (Å²) in [5.41, 5.74) is 2.43. The Morgan fingerprint density at radius 3 is 2.79 bits per heavy atom. The number of methoxy groups -OCH3 is 1. The maximum Gasteiger partial charge on any atom is 0.206 e. The summed E-state index contributed by atoms with van der Waals surface area (Å²) in [6.45, 7) is 0. The zero-order chi connectivity index (χ0) is 13.0. The standard InChI is InChI=1S/C15H10ClNO2/c1-18-11-7-6-9(16)14-13(11)12-8-4-2-3-5-10(8)19-15(12)17-14/h2-7,17H,1H3. The number of hydrogen-bond acceptors (Lipinski definition) is 2. The van der Waals surface area contributed by atoms with Crippen LogP contribution in [0.2, 0.25) is 5.02 Å². The Bertz CT molecular complexity index is 920. The lowest BCUT2D eigenvalue weighted by Crippen LogP contribution is -1.83. The molecule has 0 spiro atoms. The van der Waals surface area contributed by atoms with Gasteiger partial charge in [-0.05, 0) is 18.2 Å². The minimum Gasteiger partial charge on any atom is -0.496 e. The number of ether oxygens (including phenoxy) is 1. The third kappa shape index (κ3) is 1.33. The summed E-state index contributed by atoms with van der Waals surface area (Å²) < 4.78 is 11.3. The number of H-pyrrole nitrogens is 1. The van der Waals surface area contributed by atoms with Crippen LogP contribution in [-0.4, -0.2) is 12.1 Å². The van der Waals surface area contributed by atoms with Crippen molar-refractivity contribution in [1.29, 1.82) is 0 Å². The SMILES string of the molecule is COc1ccc(Cl)c2[nH]c3oc4ccccc4c3c12. The minimum absolute atomic E-state index is 0.659. The van der Waals surface area contributed by atoms with E-state index < -0.39 is 0 Å². The number of aromatic amines is 1. The molecule has 0 saturated carbocycles. The van der Waals surface area contributed by atoms with Crippen molar-refractivity contribution >= 4 is 44.6 Å². The predicted molar refractivity (Wildman–Crippen MR) is 77.1 cm³/mol. The molecule has 4 rings (SSSR count). The molecule has 0 saturated heterocycles. The average Bonchev–Trinajstić information content (AvgIpc) is 2.96. The normalized spacial score (nSPS) is 11.7. The topological polar surface area (TPSA) is 38.2 Å². The van der Waals surface area contributed by atoms with E-state index in [9.17, 15) is 0 Å². The maximum absolute atomic E-state index is 6.24. The van der Waals surface area contributed by atoms with Crippen LogP contribution in [0.3, 0.4) is 0 Å². The molecule has 0 fully saturated rings. The molecule has 94 valence electrons. The molecule has 2 aromatic heterocycles. The van der Waals surface area contributed by atoms with Crippen molar-refractivity contribution in [2.45, 2.75) is 0 Å². The fraction of sp³-hybridized carbons (Fsp3) is 0.0667. The number of aromatic nitrogens is 1. The van der Waals surface area contributed by atoms with E-state index in [-0.39, 0.29) is 0 Å². The Balaban J connectivity index is 2.33. The number of furan rings is 1. The van der Waals surface area contributed by atoms with Crippen LogP contribution in [0.4, 0.5) is 0 Å². The molecule has 2 aromatic carbocycles. The summed E-state index contributed by atoms with van der Waals surface area (Å²) in [5.74, 6) is 0.789. The van der Waals surface area contributed by atoms with Gasteiger partial charge in [0.25, 0.3) is 0 Å². The second-order valence-corrected chi connectivity index (χ2v) is 4.83. The van der Waals surface area contributed by atoms with E-state index in [1.54, 1.807) is 7.11 Å². The number of nitrogens with one attached hydrogen (secondary N) is 1. The highest BCUT2D eigenvalue weighted by atomic mass is 35.5. The number of benzene rings is 2. The van der Waals surface area contributed by atoms with Crippen LogP contribution in [-0.2, 0) is 0 Å². The zero-order valence-corrected chi connectivity index (χ0v) is 10.9. The van der Waals surface area contributed by atoms with E-state index >= 15 is 0 Å². The fourth-order valence-electron chi connectivity index (χ4n) is 2.59. The molecule has 0 unspecified atom stereocenters. The van der Waals surface area contributed by atoms with E-state index in [4.69, 9.17) is 20.8 Å². The summed E-state index contributed by atoms with van der Waals surface area (Å²) in [6.07, 6.45) is 0. The van der Waals surface area contributed by atoms with Crippen LogP contribution < -0.4 is 4.74 Å². The highest BCUT2D eigenvalue weighted by molar-refractivity contribution is 6.37. The smallest absolute Gasteiger partial charge is 0.206 e. The van der Waals surface area contributed by atoms with Crippen LogP contribution in [0, 0.1) is 0 Å². The fourth-order valence-corrected chi connectivity index (χ4v) is 2.80. The summed E-state index contributed by atoms with van der Waals surface area (Å²) in [7, 11) is 1.66. The van der Waals surface area contributed by atoms with Crippen molar-refractivity contribution in [3.05, 3.63) is 41.4 Å². The average molecular weight is 272 g/mol. The molecule has 19 heavy (non-hydrogen) atoms. The molecule has 0 atom stereocenters. The first kappa shape index (κ1) is 10.8. The largest absolute Gasteiger partial charge is 0.496 e. The van der Waals surface area contributed by atoms with Gasteiger partial charge in [0.05, 0.1) is 28.4 Å². The maximum atomic E-state index is 6.24. The zero-order valence-electron chi connectivity index (χ0n) is 10.2. The number of halogens is 1. The number of rotatable bonds is 1. The lowest BCUT2D eigenvalue weighted by molar-refractivity contribution is 0.420. The van der Waals surface area contributed by atoms with Gasteiger partial charge in [-0.15, -0.1) is 0 Å². The summed E-state index contributed by atoms with van der Waals surface area (Å²) >= 11 is 6.24. The van der Waals surface area contributed by atoms with E-state index in [1.807, 2.05) is 36.4 Å². The van der Waals surface area contributed by atoms with Crippen molar-refractivity contribution in [2.75, 3.05) is 7.11 Å². The Hall–Kier alpha value is -2.13. The highest BCUT2D eigenvalue weighted by Gasteiger charge is 2.17. The van der Waals surface area contributed by atoms with Crippen LogP contribution in [0.25, 0.3) is 33.0 Å². The highest BCUT2D eigenvalue weighted by Crippen LogP contribution is 2.41. The minimum atomic E-state index is 0.659. The van der Waals surface area contributed by atoms with Gasteiger partial charge in [-0.2, -0.15) is 0 Å². The van der Waals surface area contributed by atoms with Crippen molar-refractivity contribution in [3.63, 3.8) is 0 Å². The molecule has 4 aromatic rings. The molecule has 3 nitrogen and oxygen atoms in total. The lowest BCUT2D eigenvalue weighted by Gasteiger charge is -2.03. The Labute approximate surface area is 113 Å². The Kier molecular flexibility index (Phi) is 2.09. The van der Waals surface area contributed by atoms with Crippen molar-refractivity contribution in [1.82, 2.24) is 4.98 Å². The van der Waals surface area contributed by atoms with Crippen molar-refractivity contribution in [3.8, 4) is 5.75 Å². The third-order valence-corrected chi connectivity index (χ3v) is 3.74. The van der Waals surface area contributed by atoms with Gasteiger partial charge in [0.2, 0.25) is 5.71 Å². The molecular formula is C15H10ClNO2. The third-order valence-electron chi connectivity index (χ3n) is 3.42. The van der Waals surface area contributed by atoms with Crippen molar-refractivity contribution in [2.24, 2.45) is 0 Å². The van der Waals surface area contributed by atoms with E-state index in [0.717, 1.165) is 38.7 Å². The van der Waals surface area contributed by atoms with Gasteiger partial charge in [-0.1, -0.05) is 29.8 Å². The molecule has 2 heterocycles. The van der Waals surface area contributed by atoms with Crippen LogP contribution in [0.1, 0.15) is 0 Å². The number of hydrogen-bond donors (Lipinski definition) is 1. The molecule has 4 heteroatoms. The Morgan fingerprint density at radius 2 is 1.95 bits per heavy atom. The van der Waals surface area contributed by atoms with Crippen LogP contribution in [0.15, 0.2) is 40.8 Å². The molecule has 0 aliphatic rings. The number of para-hydroxylation sites is 1. The molecular weight excluding hydrogens is 262 g/mol. The van der Waals surface area contributed by atoms with Gasteiger partial charge in [0.15, 0.2) is 0 Å². The first-order chi connectivity index (χ1) is 9.29. The molecule has 0 aliphatic heterocycles.